The molecule has 0 spiro atoms. The molecule has 0 unspecified atom stereocenters. The van der Waals surface area contributed by atoms with Gasteiger partial charge in [0.1, 0.15) is 5.78 Å². The molecule has 0 aromatic heterocycles. The Balaban J connectivity index is 2.43. The van der Waals surface area contributed by atoms with Crippen molar-refractivity contribution in [2.45, 2.75) is 76.9 Å². The quantitative estimate of drug-likeness (QED) is 0.370. The van der Waals surface area contributed by atoms with Gasteiger partial charge in [0, 0.05) is 24.7 Å². The van der Waals surface area contributed by atoms with Crippen LogP contribution in [0.3, 0.4) is 0 Å². The van der Waals surface area contributed by atoms with Gasteiger partial charge >= 0.3 is 5.97 Å². The first-order chi connectivity index (χ1) is 12.0. The molecule has 1 saturated carbocycles. The van der Waals surface area contributed by atoms with Crippen molar-refractivity contribution in [3.8, 4) is 0 Å². The lowest BCUT2D eigenvalue weighted by molar-refractivity contribution is -0.137. The van der Waals surface area contributed by atoms with E-state index in [0.717, 1.165) is 25.7 Å². The summed E-state index contributed by atoms with van der Waals surface area (Å²) in [7, 11) is 0. The van der Waals surface area contributed by atoms with E-state index < -0.39 is 18.2 Å². The highest BCUT2D eigenvalue weighted by atomic mass is 16.4. The molecule has 1 aliphatic carbocycles. The molecule has 3 N–H and O–H groups in total. The second-order valence-electron chi connectivity index (χ2n) is 6.84. The summed E-state index contributed by atoms with van der Waals surface area (Å²) in [5.74, 6) is -1.10. The van der Waals surface area contributed by atoms with Crippen LogP contribution in [0.25, 0.3) is 0 Å². The van der Waals surface area contributed by atoms with E-state index in [1.807, 2.05) is 19.1 Å². The second kappa shape index (κ2) is 12.0. The lowest BCUT2D eigenvalue weighted by atomic mass is 9.88. The Morgan fingerprint density at radius 2 is 1.96 bits per heavy atom. The maximum absolute atomic E-state index is 12.1. The average molecular weight is 352 g/mol. The van der Waals surface area contributed by atoms with Crippen LogP contribution < -0.4 is 0 Å². The number of rotatable bonds is 12. The number of Topliss-reactive ketones (excluding diaryl/α,β-unsaturated/α-hetero) is 1. The Bertz CT molecular complexity index is 469. The fourth-order valence-electron chi connectivity index (χ4n) is 3.32. The third-order valence-electron chi connectivity index (χ3n) is 4.72. The van der Waals surface area contributed by atoms with Gasteiger partial charge in [0.15, 0.2) is 0 Å². The van der Waals surface area contributed by atoms with Crippen LogP contribution in [0.4, 0.5) is 0 Å². The van der Waals surface area contributed by atoms with Crippen LogP contribution in [-0.4, -0.2) is 39.3 Å². The second-order valence-corrected chi connectivity index (χ2v) is 6.84. The predicted molar refractivity (Wildman–Crippen MR) is 97.1 cm³/mol. The molecule has 142 valence electrons. The topological polar surface area (TPSA) is 94.8 Å². The molecule has 0 amide bonds. The summed E-state index contributed by atoms with van der Waals surface area (Å²) in [5, 5.41) is 28.7. The fraction of sp³-hybridized carbons (Fsp3) is 0.700. The predicted octanol–water partition coefficient (Wildman–Crippen LogP) is 3.25. The van der Waals surface area contributed by atoms with E-state index in [0.29, 0.717) is 19.3 Å². The Morgan fingerprint density at radius 3 is 2.64 bits per heavy atom. The van der Waals surface area contributed by atoms with Crippen molar-refractivity contribution in [2.24, 2.45) is 11.8 Å². The van der Waals surface area contributed by atoms with Gasteiger partial charge in [0.25, 0.3) is 0 Å². The zero-order valence-electron chi connectivity index (χ0n) is 15.1. The Morgan fingerprint density at radius 1 is 1.24 bits per heavy atom. The number of carboxylic acids is 1. The normalized spacial score (nSPS) is 25.2. The van der Waals surface area contributed by atoms with Gasteiger partial charge in [-0.15, -0.1) is 0 Å². The minimum atomic E-state index is -0.772. The highest BCUT2D eigenvalue weighted by Gasteiger charge is 2.39. The first-order valence-corrected chi connectivity index (χ1v) is 9.39. The Kier molecular flexibility index (Phi) is 10.3. The van der Waals surface area contributed by atoms with E-state index in [4.69, 9.17) is 5.11 Å². The third kappa shape index (κ3) is 8.45. The van der Waals surface area contributed by atoms with Crippen molar-refractivity contribution in [3.63, 3.8) is 0 Å². The van der Waals surface area contributed by atoms with Crippen molar-refractivity contribution in [2.75, 3.05) is 0 Å². The van der Waals surface area contributed by atoms with E-state index in [-0.39, 0.29) is 30.5 Å². The maximum Gasteiger partial charge on any atom is 0.303 e. The molecule has 0 saturated heterocycles. The standard InChI is InChI=1S/C20H32O5/c1-2-3-6-9-15(21)12-13-17-16(18(22)14-19(17)23)10-7-4-5-8-11-20(24)25/h3,6,12-13,15-17,19,21,23H,2,4-5,7-11,14H2,1H3,(H,24,25)/b6-3+,13-12?/t15-,16+,17+,19+/m0/s1. The van der Waals surface area contributed by atoms with E-state index in [2.05, 4.69) is 0 Å². The van der Waals surface area contributed by atoms with Crippen LogP contribution >= 0.6 is 0 Å². The fourth-order valence-corrected chi connectivity index (χ4v) is 3.32. The van der Waals surface area contributed by atoms with Gasteiger partial charge in [0.05, 0.1) is 12.2 Å². The zero-order valence-corrected chi connectivity index (χ0v) is 15.1. The smallest absolute Gasteiger partial charge is 0.303 e. The lowest BCUT2D eigenvalue weighted by Crippen LogP contribution is -2.19. The highest BCUT2D eigenvalue weighted by molar-refractivity contribution is 5.84. The average Bonchev–Trinajstić information content (AvgIpc) is 2.82. The van der Waals surface area contributed by atoms with Crippen molar-refractivity contribution in [1.82, 2.24) is 0 Å². The van der Waals surface area contributed by atoms with Gasteiger partial charge in [-0.25, -0.2) is 0 Å². The van der Waals surface area contributed by atoms with Crippen LogP contribution in [0.1, 0.15) is 64.7 Å². The molecule has 0 aromatic carbocycles. The summed E-state index contributed by atoms with van der Waals surface area (Å²) in [4.78, 5) is 22.6. The molecule has 0 aliphatic heterocycles. The molecular weight excluding hydrogens is 320 g/mol. The molecule has 1 fully saturated rings. The molecular formula is C20H32O5. The third-order valence-corrected chi connectivity index (χ3v) is 4.72. The lowest BCUT2D eigenvalue weighted by Gasteiger charge is -2.18. The van der Waals surface area contributed by atoms with E-state index >= 15 is 0 Å². The molecule has 25 heavy (non-hydrogen) atoms. The van der Waals surface area contributed by atoms with Crippen LogP contribution in [-0.2, 0) is 9.59 Å². The summed E-state index contributed by atoms with van der Waals surface area (Å²) in [6.45, 7) is 2.03. The minimum absolute atomic E-state index is 0.0908. The highest BCUT2D eigenvalue weighted by Crippen LogP contribution is 2.34. The molecule has 4 atom stereocenters. The summed E-state index contributed by atoms with van der Waals surface area (Å²) < 4.78 is 0. The molecule has 5 nitrogen and oxygen atoms in total. The summed E-state index contributed by atoms with van der Waals surface area (Å²) in [6.07, 6.45) is 12.0. The van der Waals surface area contributed by atoms with Gasteiger partial charge in [0.2, 0.25) is 0 Å². The molecule has 1 aliphatic rings. The number of carbonyl (C=O) groups excluding carboxylic acids is 1. The number of ketones is 1. The number of hydrogen-bond acceptors (Lipinski definition) is 4. The van der Waals surface area contributed by atoms with Crippen LogP contribution in [0.5, 0.6) is 0 Å². The Hall–Kier alpha value is -1.46. The van der Waals surface area contributed by atoms with E-state index in [1.54, 1.807) is 12.2 Å². The van der Waals surface area contributed by atoms with Crippen molar-refractivity contribution < 1.29 is 24.9 Å². The van der Waals surface area contributed by atoms with Gasteiger partial charge in [-0.1, -0.05) is 50.5 Å². The Labute approximate surface area is 150 Å². The minimum Gasteiger partial charge on any atom is -0.481 e. The number of hydrogen-bond donors (Lipinski definition) is 3. The first kappa shape index (κ1) is 21.6. The first-order valence-electron chi connectivity index (χ1n) is 9.39. The van der Waals surface area contributed by atoms with Gasteiger partial charge in [-0.2, -0.15) is 0 Å². The number of carbonyl (C=O) groups is 2. The van der Waals surface area contributed by atoms with Gasteiger partial charge in [-0.3, -0.25) is 9.59 Å². The van der Waals surface area contributed by atoms with Crippen molar-refractivity contribution >= 4 is 11.8 Å². The molecule has 0 aromatic rings. The van der Waals surface area contributed by atoms with Gasteiger partial charge in [-0.05, 0) is 25.7 Å². The summed E-state index contributed by atoms with van der Waals surface area (Å²) >= 11 is 0. The van der Waals surface area contributed by atoms with Gasteiger partial charge < -0.3 is 15.3 Å². The molecule has 0 heterocycles. The summed E-state index contributed by atoms with van der Waals surface area (Å²) in [5.41, 5.74) is 0. The monoisotopic (exact) mass is 352 g/mol. The number of unbranched alkanes of at least 4 members (excludes halogenated alkanes) is 3. The van der Waals surface area contributed by atoms with E-state index in [9.17, 15) is 19.8 Å². The molecule has 0 radical (unpaired) electrons. The van der Waals surface area contributed by atoms with Crippen LogP contribution in [0, 0.1) is 11.8 Å². The molecule has 1 rings (SSSR count). The number of carboxylic acid groups (broad SMARTS) is 1. The SMILES string of the molecule is CC/C=C/C[C@H](O)C=C[C@H]1[C@H](O)CC(=O)[C@@H]1CCCCCCC(=O)O. The van der Waals surface area contributed by atoms with Crippen LogP contribution in [0.2, 0.25) is 0 Å². The zero-order chi connectivity index (χ0) is 18.7. The molecule has 5 heteroatoms. The maximum atomic E-state index is 12.1. The van der Waals surface area contributed by atoms with Crippen molar-refractivity contribution in [1.29, 1.82) is 0 Å². The number of aliphatic hydroxyl groups is 2. The molecule has 0 bridgehead atoms. The van der Waals surface area contributed by atoms with Crippen LogP contribution in [0.15, 0.2) is 24.3 Å². The number of allylic oxidation sites excluding steroid dienone is 1. The van der Waals surface area contributed by atoms with E-state index in [1.165, 1.54) is 0 Å². The van der Waals surface area contributed by atoms with Crippen molar-refractivity contribution in [3.05, 3.63) is 24.3 Å². The summed E-state index contributed by atoms with van der Waals surface area (Å²) in [6, 6.07) is 0. The largest absolute Gasteiger partial charge is 0.481 e. The number of aliphatic carboxylic acids is 1. The number of aliphatic hydroxyl groups excluding tert-OH is 2.